The molecule has 1 atom stereocenters. The monoisotopic (exact) mass is 318 g/mol. The number of imide groups is 1. The number of hydrogen-bond acceptors (Lipinski definition) is 5. The summed E-state index contributed by atoms with van der Waals surface area (Å²) in [6, 6.07) is 3.86. The van der Waals surface area contributed by atoms with Crippen molar-refractivity contribution in [2.24, 2.45) is 0 Å². The van der Waals surface area contributed by atoms with Crippen molar-refractivity contribution in [2.75, 3.05) is 13.7 Å². The quantitative estimate of drug-likeness (QED) is 0.639. The van der Waals surface area contributed by atoms with E-state index in [1.165, 1.54) is 24.1 Å². The average Bonchev–Trinajstić information content (AvgIpc) is 2.54. The second kappa shape index (κ2) is 7.04. The van der Waals surface area contributed by atoms with E-state index in [1.54, 1.807) is 6.07 Å². The molecule has 1 saturated heterocycles. The van der Waals surface area contributed by atoms with E-state index in [2.05, 4.69) is 5.32 Å². The van der Waals surface area contributed by atoms with Crippen molar-refractivity contribution < 1.29 is 23.9 Å². The molecule has 7 heteroatoms. The Hall–Kier alpha value is -2.70. The summed E-state index contributed by atoms with van der Waals surface area (Å²) >= 11 is 0. The van der Waals surface area contributed by atoms with Gasteiger partial charge in [0, 0.05) is 19.0 Å². The van der Waals surface area contributed by atoms with Crippen LogP contribution in [0.5, 0.6) is 5.75 Å². The third-order valence-electron chi connectivity index (χ3n) is 3.69. The first-order valence-electron chi connectivity index (χ1n) is 7.30. The molecule has 0 spiro atoms. The molecule has 2 rings (SSSR count). The summed E-state index contributed by atoms with van der Waals surface area (Å²) in [7, 11) is 1.48. The van der Waals surface area contributed by atoms with E-state index < -0.39 is 17.9 Å². The van der Waals surface area contributed by atoms with Gasteiger partial charge >= 0.3 is 0 Å². The smallest absolute Gasteiger partial charge is 0.255 e. The van der Waals surface area contributed by atoms with E-state index in [9.17, 15) is 19.2 Å². The van der Waals surface area contributed by atoms with Crippen LogP contribution in [0.25, 0.3) is 0 Å². The molecule has 1 aromatic rings. The number of benzene rings is 1. The molecule has 1 unspecified atom stereocenters. The predicted molar refractivity (Wildman–Crippen MR) is 81.3 cm³/mol. The highest BCUT2D eigenvalue weighted by atomic mass is 16.5. The highest BCUT2D eigenvalue weighted by Crippen LogP contribution is 2.20. The number of aldehydes is 1. The second-order valence-corrected chi connectivity index (χ2v) is 5.18. The van der Waals surface area contributed by atoms with Crippen molar-refractivity contribution in [1.29, 1.82) is 0 Å². The molecule has 1 aromatic carbocycles. The van der Waals surface area contributed by atoms with Crippen LogP contribution in [-0.2, 0) is 9.59 Å². The first kappa shape index (κ1) is 16.7. The van der Waals surface area contributed by atoms with E-state index >= 15 is 0 Å². The fourth-order valence-corrected chi connectivity index (χ4v) is 2.47. The van der Waals surface area contributed by atoms with Crippen molar-refractivity contribution in [2.45, 2.75) is 25.8 Å². The van der Waals surface area contributed by atoms with Crippen LogP contribution in [0.3, 0.4) is 0 Å². The van der Waals surface area contributed by atoms with Gasteiger partial charge in [0.15, 0.2) is 6.29 Å². The first-order chi connectivity index (χ1) is 11.0. The van der Waals surface area contributed by atoms with Crippen LogP contribution in [0.15, 0.2) is 18.2 Å². The van der Waals surface area contributed by atoms with Crippen molar-refractivity contribution in [1.82, 2.24) is 10.2 Å². The van der Waals surface area contributed by atoms with E-state index in [-0.39, 0.29) is 29.9 Å². The van der Waals surface area contributed by atoms with Crippen LogP contribution in [-0.4, -0.2) is 48.6 Å². The van der Waals surface area contributed by atoms with Gasteiger partial charge in [-0.15, -0.1) is 0 Å². The van der Waals surface area contributed by atoms with Gasteiger partial charge in [-0.2, -0.15) is 0 Å². The molecular formula is C16H18N2O5. The Bertz CT molecular complexity index is 656. The molecule has 1 N–H and O–H groups in total. The molecule has 0 saturated carbocycles. The molecule has 1 heterocycles. The SMILES string of the molecule is CCOc1ccc(C(=O)N(C)C2CCC(=O)NC2=O)c(C=O)c1. The Balaban J connectivity index is 2.23. The molecule has 3 amide bonds. The molecule has 23 heavy (non-hydrogen) atoms. The number of carbonyl (C=O) groups is 4. The summed E-state index contributed by atoms with van der Waals surface area (Å²) in [5.74, 6) is -0.808. The summed E-state index contributed by atoms with van der Waals surface area (Å²) < 4.78 is 5.30. The lowest BCUT2D eigenvalue weighted by Gasteiger charge is -2.30. The van der Waals surface area contributed by atoms with E-state index in [4.69, 9.17) is 4.74 Å². The first-order valence-corrected chi connectivity index (χ1v) is 7.30. The fraction of sp³-hybridized carbons (Fsp3) is 0.375. The Morgan fingerprint density at radius 2 is 2.17 bits per heavy atom. The van der Waals surface area contributed by atoms with Crippen LogP contribution in [0.2, 0.25) is 0 Å². The topological polar surface area (TPSA) is 92.8 Å². The number of nitrogens with one attached hydrogen (secondary N) is 1. The standard InChI is InChI=1S/C16H18N2O5/c1-3-23-11-4-5-12(10(8-11)9-19)16(22)18(2)13-6-7-14(20)17-15(13)21/h4-5,8-9,13H,3,6-7H2,1-2H3,(H,17,20,21). The molecule has 122 valence electrons. The minimum absolute atomic E-state index is 0.178. The Morgan fingerprint density at radius 1 is 1.43 bits per heavy atom. The van der Waals surface area contributed by atoms with Gasteiger partial charge in [0.2, 0.25) is 11.8 Å². The highest BCUT2D eigenvalue weighted by molar-refractivity contribution is 6.06. The molecule has 0 radical (unpaired) electrons. The third kappa shape index (κ3) is 3.56. The minimum Gasteiger partial charge on any atom is -0.494 e. The van der Waals surface area contributed by atoms with Gasteiger partial charge in [-0.3, -0.25) is 24.5 Å². The van der Waals surface area contributed by atoms with E-state index in [0.29, 0.717) is 18.6 Å². The molecule has 1 fully saturated rings. The number of carbonyl (C=O) groups excluding carboxylic acids is 4. The highest BCUT2D eigenvalue weighted by Gasteiger charge is 2.33. The lowest BCUT2D eigenvalue weighted by atomic mass is 10.0. The second-order valence-electron chi connectivity index (χ2n) is 5.18. The van der Waals surface area contributed by atoms with Gasteiger partial charge in [-0.25, -0.2) is 0 Å². The lowest BCUT2D eigenvalue weighted by Crippen LogP contribution is -2.53. The molecule has 1 aliphatic rings. The lowest BCUT2D eigenvalue weighted by molar-refractivity contribution is -0.136. The fourth-order valence-electron chi connectivity index (χ4n) is 2.47. The zero-order chi connectivity index (χ0) is 17.0. The molecular weight excluding hydrogens is 300 g/mol. The van der Waals surface area contributed by atoms with Crippen molar-refractivity contribution in [3.8, 4) is 5.75 Å². The van der Waals surface area contributed by atoms with Gasteiger partial charge < -0.3 is 9.64 Å². The number of rotatable bonds is 5. The van der Waals surface area contributed by atoms with E-state index in [1.807, 2.05) is 6.92 Å². The molecule has 1 aliphatic heterocycles. The summed E-state index contributed by atoms with van der Waals surface area (Å²) in [5, 5.41) is 2.21. The number of piperidine rings is 1. The largest absolute Gasteiger partial charge is 0.494 e. The van der Waals surface area contributed by atoms with Gasteiger partial charge in [0.05, 0.1) is 12.2 Å². The number of ether oxygens (including phenoxy) is 1. The van der Waals surface area contributed by atoms with Crippen LogP contribution in [0, 0.1) is 0 Å². The number of likely N-dealkylation sites (N-methyl/N-ethyl adjacent to an activating group) is 1. The van der Waals surface area contributed by atoms with Crippen LogP contribution in [0.4, 0.5) is 0 Å². The maximum Gasteiger partial charge on any atom is 0.255 e. The Labute approximate surface area is 133 Å². The summed E-state index contributed by atoms with van der Waals surface area (Å²) in [6.07, 6.45) is 1.02. The number of amides is 3. The minimum atomic E-state index is -0.730. The summed E-state index contributed by atoms with van der Waals surface area (Å²) in [4.78, 5) is 48.1. The van der Waals surface area contributed by atoms with Crippen molar-refractivity contribution in [3.63, 3.8) is 0 Å². The Kier molecular flexibility index (Phi) is 5.10. The van der Waals surface area contributed by atoms with Crippen LogP contribution >= 0.6 is 0 Å². The van der Waals surface area contributed by atoms with Crippen molar-refractivity contribution >= 4 is 24.0 Å². The zero-order valence-corrected chi connectivity index (χ0v) is 13.0. The summed E-state index contributed by atoms with van der Waals surface area (Å²) in [5.41, 5.74) is 0.385. The molecule has 0 aromatic heterocycles. The molecule has 0 aliphatic carbocycles. The average molecular weight is 318 g/mol. The molecule has 0 bridgehead atoms. The zero-order valence-electron chi connectivity index (χ0n) is 13.0. The van der Waals surface area contributed by atoms with Gasteiger partial charge in [-0.05, 0) is 31.5 Å². The predicted octanol–water partition coefficient (Wildman–Crippen LogP) is 0.775. The van der Waals surface area contributed by atoms with Gasteiger partial charge in [0.25, 0.3) is 5.91 Å². The van der Waals surface area contributed by atoms with Crippen molar-refractivity contribution in [3.05, 3.63) is 29.3 Å². The number of nitrogens with zero attached hydrogens (tertiary/aromatic N) is 1. The maximum absolute atomic E-state index is 12.6. The Morgan fingerprint density at radius 3 is 2.78 bits per heavy atom. The number of hydrogen-bond donors (Lipinski definition) is 1. The maximum atomic E-state index is 12.6. The normalized spacial score (nSPS) is 17.4. The van der Waals surface area contributed by atoms with Gasteiger partial charge in [-0.1, -0.05) is 0 Å². The van der Waals surface area contributed by atoms with E-state index in [0.717, 1.165) is 0 Å². The van der Waals surface area contributed by atoms with Gasteiger partial charge in [0.1, 0.15) is 11.8 Å². The molecule has 7 nitrogen and oxygen atoms in total. The van der Waals surface area contributed by atoms with Crippen LogP contribution in [0.1, 0.15) is 40.5 Å². The third-order valence-corrected chi connectivity index (χ3v) is 3.69. The summed E-state index contributed by atoms with van der Waals surface area (Å²) in [6.45, 7) is 2.26. The van der Waals surface area contributed by atoms with Crippen LogP contribution < -0.4 is 10.1 Å².